The lowest BCUT2D eigenvalue weighted by molar-refractivity contribution is 0.575. The lowest BCUT2D eigenvalue weighted by Crippen LogP contribution is -2.44. The van der Waals surface area contributed by atoms with Gasteiger partial charge in [0.2, 0.25) is 5.95 Å². The maximum absolute atomic E-state index is 4.63. The fourth-order valence-corrected chi connectivity index (χ4v) is 2.19. The normalized spacial score (nSPS) is 16.9. The highest BCUT2D eigenvalue weighted by Gasteiger charge is 2.16. The Hall–Kier alpha value is -1.62. The van der Waals surface area contributed by atoms with E-state index >= 15 is 0 Å². The third-order valence-electron chi connectivity index (χ3n) is 3.06. The van der Waals surface area contributed by atoms with Gasteiger partial charge < -0.3 is 14.8 Å². The van der Waals surface area contributed by atoms with Gasteiger partial charge in [-0.25, -0.2) is 4.98 Å². The molecule has 5 heteroatoms. The van der Waals surface area contributed by atoms with Crippen molar-refractivity contribution in [1.82, 2.24) is 19.9 Å². The summed E-state index contributed by atoms with van der Waals surface area (Å²) < 4.78 is 2.14. The summed E-state index contributed by atoms with van der Waals surface area (Å²) in [5.41, 5.74) is 2.11. The summed E-state index contributed by atoms with van der Waals surface area (Å²) >= 11 is 0. The number of aromatic nitrogens is 3. The molecular weight excluding hydrogens is 202 g/mol. The van der Waals surface area contributed by atoms with E-state index in [0.29, 0.717) is 0 Å². The van der Waals surface area contributed by atoms with Crippen molar-refractivity contribution in [3.05, 3.63) is 18.5 Å². The molecule has 0 spiro atoms. The Labute approximate surface area is 94.1 Å². The first-order chi connectivity index (χ1) is 7.86. The van der Waals surface area contributed by atoms with Crippen molar-refractivity contribution in [1.29, 1.82) is 0 Å². The number of rotatable bonds is 1. The fourth-order valence-electron chi connectivity index (χ4n) is 2.19. The van der Waals surface area contributed by atoms with Crippen molar-refractivity contribution in [2.75, 3.05) is 31.1 Å². The molecule has 1 N–H and O–H groups in total. The van der Waals surface area contributed by atoms with Gasteiger partial charge in [0, 0.05) is 39.4 Å². The minimum atomic E-state index is 0.971. The van der Waals surface area contributed by atoms with E-state index in [-0.39, 0.29) is 0 Å². The number of imidazole rings is 1. The molecule has 0 saturated carbocycles. The van der Waals surface area contributed by atoms with Gasteiger partial charge in [-0.05, 0) is 6.07 Å². The second-order valence-corrected chi connectivity index (χ2v) is 4.07. The number of aryl methyl sites for hydroxylation is 1. The highest BCUT2D eigenvalue weighted by atomic mass is 15.3. The van der Waals surface area contributed by atoms with Gasteiger partial charge >= 0.3 is 0 Å². The monoisotopic (exact) mass is 217 g/mol. The van der Waals surface area contributed by atoms with Crippen LogP contribution in [0.1, 0.15) is 0 Å². The number of nitrogens with zero attached hydrogens (tertiary/aromatic N) is 4. The van der Waals surface area contributed by atoms with Gasteiger partial charge in [-0.3, -0.25) is 4.98 Å². The number of nitrogens with one attached hydrogen (secondary N) is 1. The molecule has 1 aliphatic heterocycles. The quantitative estimate of drug-likeness (QED) is 0.750. The van der Waals surface area contributed by atoms with Crippen LogP contribution in [0, 0.1) is 0 Å². The first-order valence-corrected chi connectivity index (χ1v) is 5.58. The third kappa shape index (κ3) is 1.44. The zero-order chi connectivity index (χ0) is 11.0. The maximum Gasteiger partial charge on any atom is 0.206 e. The Morgan fingerprint density at radius 1 is 1.31 bits per heavy atom. The van der Waals surface area contributed by atoms with Crippen LogP contribution in [0.15, 0.2) is 18.5 Å². The standard InChI is InChI=1S/C11H15N5/c1-15-10-2-3-13-8-9(10)14-11(15)16-6-4-12-5-7-16/h2-3,8,12H,4-7H2,1H3. The predicted molar refractivity (Wildman–Crippen MR) is 63.6 cm³/mol. The van der Waals surface area contributed by atoms with Gasteiger partial charge in [0.1, 0.15) is 5.52 Å². The Balaban J connectivity index is 2.05. The Kier molecular flexibility index (Phi) is 2.25. The predicted octanol–water partition coefficient (Wildman–Crippen LogP) is 0.378. The largest absolute Gasteiger partial charge is 0.340 e. The molecule has 5 nitrogen and oxygen atoms in total. The smallest absolute Gasteiger partial charge is 0.206 e. The van der Waals surface area contributed by atoms with Gasteiger partial charge in [-0.15, -0.1) is 0 Å². The van der Waals surface area contributed by atoms with Gasteiger partial charge in [0.25, 0.3) is 0 Å². The first kappa shape index (κ1) is 9.59. The molecule has 84 valence electrons. The van der Waals surface area contributed by atoms with Crippen LogP contribution >= 0.6 is 0 Å². The molecule has 2 aromatic rings. The van der Waals surface area contributed by atoms with Crippen molar-refractivity contribution in [2.24, 2.45) is 7.05 Å². The lowest BCUT2D eigenvalue weighted by Gasteiger charge is -2.28. The van der Waals surface area contributed by atoms with Crippen LogP contribution in [-0.4, -0.2) is 40.7 Å². The molecular formula is C11H15N5. The van der Waals surface area contributed by atoms with E-state index < -0.39 is 0 Å². The number of piperazine rings is 1. The summed E-state index contributed by atoms with van der Waals surface area (Å²) in [6.45, 7) is 4.10. The molecule has 3 heterocycles. The van der Waals surface area contributed by atoms with Crippen LogP contribution in [0.5, 0.6) is 0 Å². The van der Waals surface area contributed by atoms with Crippen molar-refractivity contribution < 1.29 is 0 Å². The molecule has 0 aliphatic carbocycles. The van der Waals surface area contributed by atoms with E-state index in [2.05, 4.69) is 31.8 Å². The minimum absolute atomic E-state index is 0.971. The molecule has 2 aromatic heterocycles. The molecule has 0 bridgehead atoms. The van der Waals surface area contributed by atoms with Crippen LogP contribution in [0.25, 0.3) is 11.0 Å². The van der Waals surface area contributed by atoms with Crippen molar-refractivity contribution in [2.45, 2.75) is 0 Å². The molecule has 1 fully saturated rings. The maximum atomic E-state index is 4.63. The van der Waals surface area contributed by atoms with Gasteiger partial charge in [0.05, 0.1) is 11.7 Å². The average molecular weight is 217 g/mol. The molecule has 0 amide bonds. The fraction of sp³-hybridized carbons (Fsp3) is 0.455. The highest BCUT2D eigenvalue weighted by molar-refractivity contribution is 5.77. The number of anilines is 1. The van der Waals surface area contributed by atoms with Crippen LogP contribution in [-0.2, 0) is 7.05 Å². The van der Waals surface area contributed by atoms with Gasteiger partial charge in [-0.1, -0.05) is 0 Å². The zero-order valence-electron chi connectivity index (χ0n) is 9.35. The molecule has 0 atom stereocenters. The van der Waals surface area contributed by atoms with E-state index in [1.807, 2.05) is 18.5 Å². The van der Waals surface area contributed by atoms with Crippen molar-refractivity contribution in [3.8, 4) is 0 Å². The molecule has 1 aliphatic rings. The van der Waals surface area contributed by atoms with Gasteiger partial charge in [0.15, 0.2) is 0 Å². The minimum Gasteiger partial charge on any atom is -0.340 e. The second-order valence-electron chi connectivity index (χ2n) is 4.07. The summed E-state index contributed by atoms with van der Waals surface area (Å²) in [6, 6.07) is 2.01. The summed E-state index contributed by atoms with van der Waals surface area (Å²) in [4.78, 5) is 11.1. The van der Waals surface area contributed by atoms with Crippen LogP contribution in [0.4, 0.5) is 5.95 Å². The average Bonchev–Trinajstić information content (AvgIpc) is 2.69. The molecule has 0 radical (unpaired) electrons. The van der Waals surface area contributed by atoms with Crippen LogP contribution < -0.4 is 10.2 Å². The zero-order valence-corrected chi connectivity index (χ0v) is 9.35. The Morgan fingerprint density at radius 3 is 2.88 bits per heavy atom. The van der Waals surface area contributed by atoms with Crippen LogP contribution in [0.3, 0.4) is 0 Å². The number of hydrogen-bond donors (Lipinski definition) is 1. The molecule has 0 unspecified atom stereocenters. The molecule has 3 rings (SSSR count). The molecule has 16 heavy (non-hydrogen) atoms. The number of fused-ring (bicyclic) bond motifs is 1. The second kappa shape index (κ2) is 3.75. The SMILES string of the molecule is Cn1c(N2CCNCC2)nc2cnccc21. The topological polar surface area (TPSA) is 46.0 Å². The Morgan fingerprint density at radius 2 is 2.12 bits per heavy atom. The summed E-state index contributed by atoms with van der Waals surface area (Å²) in [6.07, 6.45) is 3.63. The number of pyridine rings is 1. The van der Waals surface area contributed by atoms with E-state index in [1.54, 1.807) is 0 Å². The Bertz CT molecular complexity index is 498. The summed E-state index contributed by atoms with van der Waals surface area (Å²) in [5, 5.41) is 3.35. The van der Waals surface area contributed by atoms with E-state index in [1.165, 1.54) is 0 Å². The molecule has 1 saturated heterocycles. The van der Waals surface area contributed by atoms with Crippen LogP contribution in [0.2, 0.25) is 0 Å². The lowest BCUT2D eigenvalue weighted by atomic mass is 10.4. The third-order valence-corrected chi connectivity index (χ3v) is 3.06. The van der Waals surface area contributed by atoms with Crippen molar-refractivity contribution in [3.63, 3.8) is 0 Å². The molecule has 0 aromatic carbocycles. The highest BCUT2D eigenvalue weighted by Crippen LogP contribution is 2.20. The van der Waals surface area contributed by atoms with E-state index in [9.17, 15) is 0 Å². The number of hydrogen-bond acceptors (Lipinski definition) is 4. The summed E-state index contributed by atoms with van der Waals surface area (Å²) in [7, 11) is 2.06. The van der Waals surface area contributed by atoms with E-state index in [0.717, 1.165) is 43.2 Å². The first-order valence-electron chi connectivity index (χ1n) is 5.58. The van der Waals surface area contributed by atoms with E-state index in [4.69, 9.17) is 0 Å². The van der Waals surface area contributed by atoms with Gasteiger partial charge in [-0.2, -0.15) is 0 Å². The summed E-state index contributed by atoms with van der Waals surface area (Å²) in [5.74, 6) is 1.05. The van der Waals surface area contributed by atoms with Crippen molar-refractivity contribution >= 4 is 17.0 Å².